The van der Waals surface area contributed by atoms with E-state index in [1.54, 1.807) is 0 Å². The Hall–Kier alpha value is -1.38. The first-order chi connectivity index (χ1) is 23.8. The quantitative estimate of drug-likeness (QED) is 0.109. The zero-order valence-corrected chi connectivity index (χ0v) is 30.4. The SMILES string of the molecule is O=[N+]([O-])C1CC2C3NC4NC(NC5NC(NC6NC(NC(N3)C2C([N+](=O)[O-])C1[N+](=O)[O-])C1CCCCC61)C1CCCCC51)C1CCCCC41.[Au+]. The Bertz CT molecular complexity index is 1320. The molecule has 50 heavy (non-hydrogen) atoms. The first-order valence-electron chi connectivity index (χ1n) is 19.3. The van der Waals surface area contributed by atoms with Gasteiger partial charge in [0.1, 0.15) is 0 Å². The Morgan fingerprint density at radius 1 is 0.380 bits per heavy atom. The number of rotatable bonds is 3. The second-order valence-electron chi connectivity index (χ2n) is 16.9. The number of hydrogen-bond donors (Lipinski definition) is 8. The summed E-state index contributed by atoms with van der Waals surface area (Å²) in [5.74, 6) is 1.16. The zero-order chi connectivity index (χ0) is 33.6. The summed E-state index contributed by atoms with van der Waals surface area (Å²) < 4.78 is 0. The van der Waals surface area contributed by atoms with Crippen LogP contribution in [0, 0.1) is 77.7 Å². The van der Waals surface area contributed by atoms with E-state index in [9.17, 15) is 30.3 Å². The zero-order valence-electron chi connectivity index (χ0n) is 28.3. The minimum atomic E-state index is -1.90. The van der Waals surface area contributed by atoms with E-state index >= 15 is 0 Å². The molecule has 5 saturated heterocycles. The van der Waals surface area contributed by atoms with Crippen LogP contribution in [-0.2, 0) is 22.4 Å². The molecule has 5 heterocycles. The van der Waals surface area contributed by atoms with E-state index in [-0.39, 0.29) is 65.8 Å². The van der Waals surface area contributed by atoms with Crippen LogP contribution in [0.5, 0.6) is 0 Å². The smallest absolute Gasteiger partial charge is 0.286 e. The Kier molecular flexibility index (Phi) is 10.1. The average Bonchev–Trinajstić information content (AvgIpc) is 3.83. The van der Waals surface area contributed by atoms with Crippen molar-refractivity contribution in [2.24, 2.45) is 47.3 Å². The summed E-state index contributed by atoms with van der Waals surface area (Å²) in [4.78, 5) is 35.5. The van der Waals surface area contributed by atoms with Gasteiger partial charge in [-0.15, -0.1) is 0 Å². The first-order valence-corrected chi connectivity index (χ1v) is 19.3. The normalized spacial score (nSPS) is 52.4. The van der Waals surface area contributed by atoms with Crippen molar-refractivity contribution in [3.63, 3.8) is 0 Å². The molecule has 0 aromatic heterocycles. The van der Waals surface area contributed by atoms with E-state index in [1.807, 2.05) is 0 Å². The first kappa shape index (κ1) is 35.6. The molecule has 0 radical (unpaired) electrons. The van der Waals surface area contributed by atoms with Gasteiger partial charge in [0.25, 0.3) is 12.1 Å². The van der Waals surface area contributed by atoms with Gasteiger partial charge in [0, 0.05) is 27.1 Å². The molecule has 0 amide bonds. The standard InChI is InChI=1S/C32H53N11O6.Au/c44-41(45)21-13-20-22(24(43(48)49)23(21)42(46)47)32-39-30-19-12-6-5-11-18(19)28(37-30)35-26-15-8-2-1-7-14(15)25(33-26)34-27-16-9-3-4-10-17(16)29(36-27)38-31(20)40-32;/h14-40H,1-13H2;/q;+1. The summed E-state index contributed by atoms with van der Waals surface area (Å²) in [6, 6.07) is -5.23. The van der Waals surface area contributed by atoms with Gasteiger partial charge < -0.3 is 0 Å². The Labute approximate surface area is 307 Å². The molecule has 5 aliphatic heterocycles. The summed E-state index contributed by atoms with van der Waals surface area (Å²) in [7, 11) is 0. The van der Waals surface area contributed by atoms with Gasteiger partial charge in [-0.1, -0.05) is 38.5 Å². The van der Waals surface area contributed by atoms with Crippen LogP contribution in [0.25, 0.3) is 0 Å². The Morgan fingerprint density at radius 2 is 0.660 bits per heavy atom. The van der Waals surface area contributed by atoms with Gasteiger partial charge in [-0.2, -0.15) is 0 Å². The number of hydrogen-bond acceptors (Lipinski definition) is 14. The van der Waals surface area contributed by atoms with Crippen LogP contribution < -0.4 is 42.5 Å². The van der Waals surface area contributed by atoms with Crippen LogP contribution in [-0.4, -0.2) is 82.2 Å². The van der Waals surface area contributed by atoms with Gasteiger partial charge in [0.2, 0.25) is 0 Å². The second-order valence-corrected chi connectivity index (χ2v) is 16.9. The molecular formula is C32H53AuN11O6+. The van der Waals surface area contributed by atoms with E-state index < -0.39 is 57.1 Å². The molecule has 9 aliphatic rings. The molecule has 17 nitrogen and oxygen atoms in total. The van der Waals surface area contributed by atoms with E-state index in [1.165, 1.54) is 32.1 Å². The predicted octanol–water partition coefficient (Wildman–Crippen LogP) is 0.369. The van der Waals surface area contributed by atoms with Crippen molar-refractivity contribution < 1.29 is 37.2 Å². The molecule has 0 spiro atoms. The van der Waals surface area contributed by atoms with Gasteiger partial charge in [0.05, 0.1) is 55.2 Å². The summed E-state index contributed by atoms with van der Waals surface area (Å²) >= 11 is 0. The molecule has 9 fully saturated rings. The van der Waals surface area contributed by atoms with Gasteiger partial charge in [-0.05, 0) is 74.0 Å². The summed E-state index contributed by atoms with van der Waals surface area (Å²) in [5.41, 5.74) is 0. The van der Waals surface area contributed by atoms with Crippen molar-refractivity contribution in [1.82, 2.24) is 42.5 Å². The predicted molar refractivity (Wildman–Crippen MR) is 176 cm³/mol. The minimum absolute atomic E-state index is 0. The third kappa shape index (κ3) is 5.96. The van der Waals surface area contributed by atoms with Crippen LogP contribution in [0.4, 0.5) is 0 Å². The second kappa shape index (κ2) is 14.1. The number of nitrogens with zero attached hydrogens (tertiary/aromatic N) is 3. The molecule has 18 heteroatoms. The fourth-order valence-corrected chi connectivity index (χ4v) is 12.8. The Balaban J connectivity index is 0.00000361. The molecule has 4 saturated carbocycles. The van der Waals surface area contributed by atoms with Crippen molar-refractivity contribution in [2.75, 3.05) is 0 Å². The maximum Gasteiger partial charge on any atom is 1.00 e. The molecule has 19 unspecified atom stereocenters. The summed E-state index contributed by atoms with van der Waals surface area (Å²) in [6.45, 7) is 0. The number of fused-ring (bicyclic) bond motifs is 20. The average molecular weight is 885 g/mol. The fourth-order valence-electron chi connectivity index (χ4n) is 12.8. The molecule has 8 N–H and O–H groups in total. The van der Waals surface area contributed by atoms with Crippen molar-refractivity contribution in [2.45, 2.75) is 151 Å². The minimum Gasteiger partial charge on any atom is -0.286 e. The maximum absolute atomic E-state index is 12.8. The fraction of sp³-hybridized carbons (Fsp3) is 1.00. The van der Waals surface area contributed by atoms with Crippen molar-refractivity contribution in [3.05, 3.63) is 30.3 Å². The van der Waals surface area contributed by atoms with Gasteiger partial charge in [-0.3, -0.25) is 72.9 Å². The van der Waals surface area contributed by atoms with Crippen molar-refractivity contribution in [1.29, 1.82) is 0 Å². The molecular weight excluding hydrogens is 831 g/mol. The van der Waals surface area contributed by atoms with E-state index in [0.29, 0.717) is 35.5 Å². The van der Waals surface area contributed by atoms with Crippen molar-refractivity contribution >= 4 is 0 Å². The van der Waals surface area contributed by atoms with Crippen LogP contribution in [0.2, 0.25) is 0 Å². The molecule has 0 aromatic rings. The topological polar surface area (TPSA) is 226 Å². The van der Waals surface area contributed by atoms with Crippen LogP contribution >= 0.6 is 0 Å². The van der Waals surface area contributed by atoms with Crippen LogP contribution in [0.15, 0.2) is 0 Å². The van der Waals surface area contributed by atoms with Crippen LogP contribution in [0.3, 0.4) is 0 Å². The molecule has 282 valence electrons. The summed E-state index contributed by atoms with van der Waals surface area (Å²) in [6.07, 6.45) is 12.8. The molecule has 19 atom stereocenters. The molecule has 4 aliphatic carbocycles. The number of nitrogens with one attached hydrogen (secondary N) is 8. The third-order valence-corrected chi connectivity index (χ3v) is 14.8. The number of nitro groups is 3. The van der Waals surface area contributed by atoms with Crippen LogP contribution in [0.1, 0.15) is 83.5 Å². The van der Waals surface area contributed by atoms with Gasteiger partial charge in [-0.25, -0.2) is 0 Å². The maximum atomic E-state index is 12.8. The Morgan fingerprint density at radius 3 is 0.940 bits per heavy atom. The monoisotopic (exact) mass is 884 g/mol. The van der Waals surface area contributed by atoms with Gasteiger partial charge >= 0.3 is 28.4 Å². The molecule has 0 aromatic carbocycles. The van der Waals surface area contributed by atoms with Crippen molar-refractivity contribution in [3.8, 4) is 0 Å². The van der Waals surface area contributed by atoms with E-state index in [2.05, 4.69) is 42.5 Å². The molecule has 9 rings (SSSR count). The molecule has 8 bridgehead atoms. The van der Waals surface area contributed by atoms with E-state index in [4.69, 9.17) is 0 Å². The largest absolute Gasteiger partial charge is 1.00 e. The summed E-state index contributed by atoms with van der Waals surface area (Å²) in [5, 5.41) is 68.6. The van der Waals surface area contributed by atoms with Gasteiger partial charge in [0.15, 0.2) is 0 Å². The van der Waals surface area contributed by atoms with E-state index in [0.717, 1.165) is 44.9 Å². The third-order valence-electron chi connectivity index (χ3n) is 14.8.